The number of rotatable bonds is 5. The van der Waals surface area contributed by atoms with E-state index in [2.05, 4.69) is 26.6 Å². The van der Waals surface area contributed by atoms with Crippen LogP contribution in [-0.4, -0.2) is 59.4 Å². The van der Waals surface area contributed by atoms with Crippen molar-refractivity contribution in [3.8, 4) is 11.8 Å². The van der Waals surface area contributed by atoms with Gasteiger partial charge in [0, 0.05) is 39.0 Å². The number of aliphatic imine (C=N–C) groups is 1. The number of nitriles is 1. The number of benzene rings is 1. The fraction of sp³-hybridized carbons (Fsp3) is 0.350. The molecule has 2 aromatic rings. The molecular weight excluding hydrogens is 427 g/mol. The summed E-state index contributed by atoms with van der Waals surface area (Å²) in [4.78, 5) is 17.7. The highest BCUT2D eigenvalue weighted by Gasteiger charge is 2.38. The van der Waals surface area contributed by atoms with Gasteiger partial charge in [0.05, 0.1) is 5.02 Å². The van der Waals surface area contributed by atoms with Crippen molar-refractivity contribution < 1.29 is 19.0 Å². The highest BCUT2D eigenvalue weighted by Crippen LogP contribution is 2.34. The molecule has 1 aliphatic rings. The highest BCUT2D eigenvalue weighted by molar-refractivity contribution is 6.32. The van der Waals surface area contributed by atoms with Gasteiger partial charge >= 0.3 is 0 Å². The van der Waals surface area contributed by atoms with Gasteiger partial charge in [-0.1, -0.05) is 11.6 Å². The average Bonchev–Trinajstić information content (AvgIpc) is 2.80. The predicted molar refractivity (Wildman–Crippen MR) is 112 cm³/mol. The fourth-order valence-electron chi connectivity index (χ4n) is 3.08. The molecule has 1 aromatic heterocycles. The molecule has 1 aliphatic heterocycles. The molecule has 0 bridgehead atoms. The van der Waals surface area contributed by atoms with Gasteiger partial charge in [0.2, 0.25) is 0 Å². The molecule has 0 radical (unpaired) electrons. The molecule has 0 saturated carbocycles. The van der Waals surface area contributed by atoms with Crippen LogP contribution >= 0.6 is 11.6 Å². The van der Waals surface area contributed by atoms with Gasteiger partial charge in [-0.05, 0) is 24.3 Å². The van der Waals surface area contributed by atoms with E-state index in [1.807, 2.05) is 4.90 Å². The Hall–Kier alpha value is -3.29. The minimum atomic E-state index is -1.14. The molecule has 31 heavy (non-hydrogen) atoms. The van der Waals surface area contributed by atoms with Gasteiger partial charge in [0.15, 0.2) is 17.1 Å². The van der Waals surface area contributed by atoms with Gasteiger partial charge in [-0.15, -0.1) is 10.2 Å². The van der Waals surface area contributed by atoms with Crippen LogP contribution in [0.2, 0.25) is 5.02 Å². The minimum absolute atomic E-state index is 0.0748. The number of amidine groups is 1. The maximum Gasteiger partial charge on any atom is 0.277 e. The van der Waals surface area contributed by atoms with Crippen molar-refractivity contribution >= 4 is 29.2 Å². The van der Waals surface area contributed by atoms with Crippen LogP contribution in [0.1, 0.15) is 23.3 Å². The van der Waals surface area contributed by atoms with Crippen LogP contribution in [-0.2, 0) is 0 Å². The molecule has 0 unspecified atom stereocenters. The molecule has 1 fully saturated rings. The molecule has 0 atom stereocenters. The van der Waals surface area contributed by atoms with Crippen molar-refractivity contribution in [2.45, 2.75) is 18.4 Å². The number of nitrogens with one attached hydrogen (secondary N) is 1. The smallest absolute Gasteiger partial charge is 0.277 e. The van der Waals surface area contributed by atoms with Crippen LogP contribution in [0, 0.1) is 17.1 Å². The number of hydrogen-bond donors (Lipinski definition) is 2. The van der Waals surface area contributed by atoms with Crippen molar-refractivity contribution in [3.05, 3.63) is 46.9 Å². The van der Waals surface area contributed by atoms with E-state index in [1.165, 1.54) is 25.2 Å². The highest BCUT2D eigenvalue weighted by atomic mass is 35.5. The second-order valence-corrected chi connectivity index (χ2v) is 7.24. The normalized spacial score (nSPS) is 15.8. The maximum absolute atomic E-state index is 13.5. The summed E-state index contributed by atoms with van der Waals surface area (Å²) >= 11 is 6.07. The van der Waals surface area contributed by atoms with E-state index in [1.54, 1.807) is 6.07 Å². The number of aliphatic hydroxyl groups is 1. The molecule has 0 spiro atoms. The van der Waals surface area contributed by atoms with Crippen LogP contribution < -0.4 is 15.0 Å². The lowest BCUT2D eigenvalue weighted by Gasteiger charge is -2.37. The second-order valence-electron chi connectivity index (χ2n) is 6.83. The first-order valence-corrected chi connectivity index (χ1v) is 9.79. The summed E-state index contributed by atoms with van der Waals surface area (Å²) in [5.41, 5.74) is -1.06. The van der Waals surface area contributed by atoms with Crippen LogP contribution in [0.25, 0.3) is 0 Å². The van der Waals surface area contributed by atoms with E-state index < -0.39 is 23.9 Å². The topological polar surface area (TPSA) is 124 Å². The molecule has 9 nitrogen and oxygen atoms in total. The first kappa shape index (κ1) is 22.4. The van der Waals surface area contributed by atoms with Crippen LogP contribution in [0.4, 0.5) is 10.2 Å². The zero-order chi connectivity index (χ0) is 22.4. The Morgan fingerprint density at radius 1 is 1.39 bits per heavy atom. The van der Waals surface area contributed by atoms with Gasteiger partial charge in [0.25, 0.3) is 5.91 Å². The molecule has 2 N–H and O–H groups in total. The van der Waals surface area contributed by atoms with Crippen LogP contribution in [0.15, 0.2) is 35.3 Å². The summed E-state index contributed by atoms with van der Waals surface area (Å²) in [6, 6.07) is 9.11. The monoisotopic (exact) mass is 446 g/mol. The number of aromatic nitrogens is 2. The van der Waals surface area contributed by atoms with Crippen LogP contribution in [0.3, 0.4) is 0 Å². The van der Waals surface area contributed by atoms with E-state index in [4.69, 9.17) is 21.4 Å². The number of halogens is 2. The summed E-state index contributed by atoms with van der Waals surface area (Å²) in [5, 5.41) is 29.5. The molecule has 3 rings (SSSR count). The summed E-state index contributed by atoms with van der Waals surface area (Å²) < 4.78 is 19.3. The third-order valence-corrected chi connectivity index (χ3v) is 5.17. The number of aliphatic hydroxyl groups excluding tert-OH is 1. The number of carbonyl (C=O) groups excluding carboxylic acids is 1. The molecular formula is C20H20ClFN6O3. The molecule has 2 heterocycles. The maximum atomic E-state index is 13.5. The molecule has 1 saturated heterocycles. The molecule has 0 aliphatic carbocycles. The van der Waals surface area contributed by atoms with E-state index in [9.17, 15) is 14.4 Å². The third-order valence-electron chi connectivity index (χ3n) is 4.86. The number of nitrogens with zero attached hydrogens (tertiary/aromatic N) is 5. The summed E-state index contributed by atoms with van der Waals surface area (Å²) in [6.45, 7) is 0.487. The number of piperidine rings is 1. The first-order valence-electron chi connectivity index (χ1n) is 9.41. The Labute approximate surface area is 183 Å². The summed E-state index contributed by atoms with van der Waals surface area (Å²) in [7, 11) is 1.45. The van der Waals surface area contributed by atoms with Crippen LogP contribution in [0.5, 0.6) is 5.75 Å². The number of ether oxygens (including phenoxy) is 1. The number of carbonyl (C=O) groups is 1. The number of hydrogen-bond acceptors (Lipinski definition) is 8. The van der Waals surface area contributed by atoms with Gasteiger partial charge in [-0.2, -0.15) is 5.26 Å². The molecule has 1 amide bonds. The molecule has 11 heteroatoms. The Morgan fingerprint density at radius 3 is 2.71 bits per heavy atom. The Kier molecular flexibility index (Phi) is 6.99. The fourth-order valence-corrected chi connectivity index (χ4v) is 3.23. The number of amides is 1. The quantitative estimate of drug-likeness (QED) is 0.531. The van der Waals surface area contributed by atoms with Crippen molar-refractivity contribution in [2.75, 3.05) is 31.6 Å². The molecule has 162 valence electrons. The largest absolute Gasteiger partial charge is 0.471 e. The lowest BCUT2D eigenvalue weighted by Crippen LogP contribution is -2.47. The predicted octanol–water partition coefficient (Wildman–Crippen LogP) is 1.96. The van der Waals surface area contributed by atoms with Crippen molar-refractivity contribution in [3.63, 3.8) is 0 Å². The van der Waals surface area contributed by atoms with Gasteiger partial charge in [0.1, 0.15) is 30.1 Å². The van der Waals surface area contributed by atoms with Crippen molar-refractivity contribution in [1.82, 2.24) is 15.5 Å². The van der Waals surface area contributed by atoms with Gasteiger partial charge < -0.3 is 20.1 Å². The lowest BCUT2D eigenvalue weighted by molar-refractivity contribution is 0.0968. The number of anilines is 1. The zero-order valence-electron chi connectivity index (χ0n) is 16.7. The minimum Gasteiger partial charge on any atom is -0.471 e. The lowest BCUT2D eigenvalue weighted by atomic mass is 9.92. The Bertz CT molecular complexity index is 1020. The van der Waals surface area contributed by atoms with E-state index in [-0.39, 0.29) is 22.3 Å². The molecule has 1 aromatic carbocycles. The summed E-state index contributed by atoms with van der Waals surface area (Å²) in [5.74, 6) is -0.238. The Balaban J connectivity index is 1.65. The van der Waals surface area contributed by atoms with E-state index >= 15 is 0 Å². The van der Waals surface area contributed by atoms with E-state index in [0.717, 1.165) is 6.07 Å². The van der Waals surface area contributed by atoms with Crippen molar-refractivity contribution in [1.29, 1.82) is 5.26 Å². The second kappa shape index (κ2) is 9.68. The van der Waals surface area contributed by atoms with Gasteiger partial charge in [-0.25, -0.2) is 4.39 Å². The SMILES string of the molecule is CN=C(CO)NC(=O)c1ccc(N2CCC(C#N)(Oc3cc(F)ccc3Cl)CC2)nn1. The van der Waals surface area contributed by atoms with Crippen molar-refractivity contribution in [2.24, 2.45) is 4.99 Å². The summed E-state index contributed by atoms with van der Waals surface area (Å²) in [6.07, 6.45) is 0.681. The third kappa shape index (κ3) is 5.25. The first-order chi connectivity index (χ1) is 14.9. The zero-order valence-corrected chi connectivity index (χ0v) is 17.4. The Morgan fingerprint density at radius 2 is 2.13 bits per heavy atom. The standard InChI is InChI=1S/C20H20ClFN6O3/c1-24-17(11-29)25-19(30)15-4-5-18(27-26-15)28-8-6-20(12-23,7-9-28)31-16-10-13(22)2-3-14(16)21/h2-5,10,29H,6-9,11H2,1H3,(H,24,25,30). The van der Waals surface area contributed by atoms with Gasteiger partial charge in [-0.3, -0.25) is 9.79 Å². The average molecular weight is 447 g/mol. The van der Waals surface area contributed by atoms with E-state index in [0.29, 0.717) is 31.7 Å².